The maximum Gasteiger partial charge on any atom is 0.157 e. The Morgan fingerprint density at radius 2 is 1.19 bits per heavy atom. The molecule has 0 radical (unpaired) electrons. The predicted molar refractivity (Wildman–Crippen MR) is 77.1 cm³/mol. The summed E-state index contributed by atoms with van der Waals surface area (Å²) in [4.78, 5) is 0. The zero-order valence-electron chi connectivity index (χ0n) is 12.0. The van der Waals surface area contributed by atoms with Crippen molar-refractivity contribution in [3.63, 3.8) is 0 Å². The van der Waals surface area contributed by atoms with E-state index >= 15 is 0 Å². The number of rotatable bonds is 4. The van der Waals surface area contributed by atoms with E-state index in [2.05, 4.69) is 24.3 Å². The lowest BCUT2D eigenvalue weighted by Crippen LogP contribution is -2.28. The van der Waals surface area contributed by atoms with Crippen LogP contribution in [0.1, 0.15) is 32.1 Å². The SMILES string of the molecule is C1=C2OCC(CCCC3COC4=CCC=C4O3)OC2=CC1. The van der Waals surface area contributed by atoms with Crippen LogP contribution in [0.2, 0.25) is 0 Å². The van der Waals surface area contributed by atoms with Gasteiger partial charge in [0.1, 0.15) is 25.4 Å². The molecule has 0 saturated carbocycles. The van der Waals surface area contributed by atoms with Crippen molar-refractivity contribution >= 4 is 0 Å². The molecule has 4 heteroatoms. The summed E-state index contributed by atoms with van der Waals surface area (Å²) in [7, 11) is 0. The second kappa shape index (κ2) is 5.51. The highest BCUT2D eigenvalue weighted by Crippen LogP contribution is 2.31. The van der Waals surface area contributed by atoms with Gasteiger partial charge in [-0.05, 0) is 56.4 Å². The monoisotopic (exact) mass is 288 g/mol. The lowest BCUT2D eigenvalue weighted by molar-refractivity contribution is -0.0247. The smallest absolute Gasteiger partial charge is 0.157 e. The fourth-order valence-electron chi connectivity index (χ4n) is 3.07. The highest BCUT2D eigenvalue weighted by Gasteiger charge is 2.27. The number of hydrogen-bond donors (Lipinski definition) is 0. The van der Waals surface area contributed by atoms with Crippen molar-refractivity contribution in [1.29, 1.82) is 0 Å². The summed E-state index contributed by atoms with van der Waals surface area (Å²) in [5, 5.41) is 0. The fourth-order valence-corrected chi connectivity index (χ4v) is 3.07. The van der Waals surface area contributed by atoms with Crippen molar-refractivity contribution in [2.45, 2.75) is 44.3 Å². The third kappa shape index (κ3) is 2.67. The van der Waals surface area contributed by atoms with Gasteiger partial charge in [-0.1, -0.05) is 0 Å². The van der Waals surface area contributed by atoms with E-state index in [0.717, 1.165) is 55.1 Å². The molecule has 2 saturated heterocycles. The minimum absolute atomic E-state index is 0.164. The van der Waals surface area contributed by atoms with Crippen LogP contribution in [0.5, 0.6) is 0 Å². The van der Waals surface area contributed by atoms with E-state index in [9.17, 15) is 0 Å². The number of hydrogen-bond acceptors (Lipinski definition) is 4. The van der Waals surface area contributed by atoms with Crippen molar-refractivity contribution in [3.8, 4) is 0 Å². The van der Waals surface area contributed by atoms with Gasteiger partial charge in [0.05, 0.1) is 0 Å². The molecule has 0 amide bonds. The van der Waals surface area contributed by atoms with Gasteiger partial charge in [-0.15, -0.1) is 0 Å². The van der Waals surface area contributed by atoms with Crippen LogP contribution in [0.15, 0.2) is 47.3 Å². The zero-order chi connectivity index (χ0) is 14.1. The third-order valence-electron chi connectivity index (χ3n) is 4.19. The summed E-state index contributed by atoms with van der Waals surface area (Å²) in [6.45, 7) is 1.31. The first-order valence-corrected chi connectivity index (χ1v) is 7.79. The lowest BCUT2D eigenvalue weighted by Gasteiger charge is -2.29. The minimum Gasteiger partial charge on any atom is -0.486 e. The summed E-state index contributed by atoms with van der Waals surface area (Å²) < 4.78 is 23.3. The Kier molecular flexibility index (Phi) is 3.37. The van der Waals surface area contributed by atoms with E-state index in [1.165, 1.54) is 0 Å². The molecular weight excluding hydrogens is 268 g/mol. The molecule has 2 heterocycles. The lowest BCUT2D eigenvalue weighted by atomic mass is 10.1. The molecule has 0 spiro atoms. The van der Waals surface area contributed by atoms with Crippen LogP contribution >= 0.6 is 0 Å². The second-order valence-electron chi connectivity index (χ2n) is 5.78. The molecule has 4 nitrogen and oxygen atoms in total. The maximum absolute atomic E-state index is 5.94. The number of ether oxygens (including phenoxy) is 4. The predicted octanol–water partition coefficient (Wildman–Crippen LogP) is 3.33. The van der Waals surface area contributed by atoms with E-state index in [1.807, 2.05) is 0 Å². The van der Waals surface area contributed by atoms with E-state index in [-0.39, 0.29) is 12.2 Å². The van der Waals surface area contributed by atoms with Gasteiger partial charge in [-0.2, -0.15) is 0 Å². The Labute approximate surface area is 124 Å². The number of fused-ring (bicyclic) bond motifs is 2. The van der Waals surface area contributed by atoms with Gasteiger partial charge in [-0.3, -0.25) is 0 Å². The zero-order valence-corrected chi connectivity index (χ0v) is 12.0. The maximum atomic E-state index is 5.94. The van der Waals surface area contributed by atoms with Crippen molar-refractivity contribution in [3.05, 3.63) is 47.3 Å². The van der Waals surface area contributed by atoms with Crippen LogP contribution < -0.4 is 0 Å². The Balaban J connectivity index is 1.22. The normalized spacial score (nSPS) is 29.5. The Morgan fingerprint density at radius 1 is 0.714 bits per heavy atom. The quantitative estimate of drug-likeness (QED) is 0.795. The molecule has 0 bridgehead atoms. The third-order valence-corrected chi connectivity index (χ3v) is 4.19. The molecule has 0 aromatic rings. The van der Waals surface area contributed by atoms with Crippen molar-refractivity contribution in [1.82, 2.24) is 0 Å². The Morgan fingerprint density at radius 3 is 1.71 bits per heavy atom. The molecule has 0 aromatic carbocycles. The van der Waals surface area contributed by atoms with Crippen LogP contribution in [0.25, 0.3) is 0 Å². The van der Waals surface area contributed by atoms with Gasteiger partial charge in [-0.25, -0.2) is 0 Å². The second-order valence-corrected chi connectivity index (χ2v) is 5.78. The standard InChI is InChI=1S/C17H20O4/c1(4-12-10-18-14-6-2-8-16(14)20-12)5-13-11-19-15-7-3-9-17(15)21-13/h6-9,12-13H,1-5,10-11H2. The molecule has 0 N–H and O–H groups in total. The van der Waals surface area contributed by atoms with Crippen molar-refractivity contribution in [2.24, 2.45) is 0 Å². The molecule has 112 valence electrons. The van der Waals surface area contributed by atoms with E-state index in [1.54, 1.807) is 0 Å². The molecule has 4 rings (SSSR count). The van der Waals surface area contributed by atoms with E-state index < -0.39 is 0 Å². The Hall–Kier alpha value is -1.84. The van der Waals surface area contributed by atoms with Crippen molar-refractivity contribution < 1.29 is 18.9 Å². The fraction of sp³-hybridized carbons (Fsp3) is 0.529. The summed E-state index contributed by atoms with van der Waals surface area (Å²) in [5.74, 6) is 3.69. The highest BCUT2D eigenvalue weighted by molar-refractivity contribution is 5.29. The molecule has 2 unspecified atom stereocenters. The Bertz CT molecular complexity index is 493. The summed E-state index contributed by atoms with van der Waals surface area (Å²) in [5.41, 5.74) is 0. The minimum atomic E-state index is 0.164. The van der Waals surface area contributed by atoms with Crippen LogP contribution in [0.4, 0.5) is 0 Å². The van der Waals surface area contributed by atoms with E-state index in [4.69, 9.17) is 18.9 Å². The first-order chi connectivity index (χ1) is 10.4. The van der Waals surface area contributed by atoms with Gasteiger partial charge in [0.15, 0.2) is 23.0 Å². The topological polar surface area (TPSA) is 36.9 Å². The first-order valence-electron chi connectivity index (χ1n) is 7.79. The number of allylic oxidation sites excluding steroid dienone is 4. The van der Waals surface area contributed by atoms with Gasteiger partial charge >= 0.3 is 0 Å². The molecule has 0 aromatic heterocycles. The van der Waals surface area contributed by atoms with Gasteiger partial charge in [0.25, 0.3) is 0 Å². The average molecular weight is 288 g/mol. The molecule has 21 heavy (non-hydrogen) atoms. The molecule has 4 aliphatic rings. The van der Waals surface area contributed by atoms with Crippen LogP contribution in [-0.2, 0) is 18.9 Å². The van der Waals surface area contributed by atoms with Crippen LogP contribution in [0, 0.1) is 0 Å². The van der Waals surface area contributed by atoms with Gasteiger partial charge < -0.3 is 18.9 Å². The molecule has 2 atom stereocenters. The highest BCUT2D eigenvalue weighted by atomic mass is 16.6. The first kappa shape index (κ1) is 12.9. The average Bonchev–Trinajstić information content (AvgIpc) is 3.14. The molecule has 2 fully saturated rings. The van der Waals surface area contributed by atoms with Crippen LogP contribution in [0.3, 0.4) is 0 Å². The van der Waals surface area contributed by atoms with E-state index in [0.29, 0.717) is 13.2 Å². The molecular formula is C17H20O4. The van der Waals surface area contributed by atoms with Gasteiger partial charge in [0, 0.05) is 0 Å². The van der Waals surface area contributed by atoms with Crippen molar-refractivity contribution in [2.75, 3.05) is 13.2 Å². The summed E-state index contributed by atoms with van der Waals surface area (Å²) in [6.07, 6.45) is 13.5. The largest absolute Gasteiger partial charge is 0.486 e. The molecule has 2 aliphatic carbocycles. The summed E-state index contributed by atoms with van der Waals surface area (Å²) >= 11 is 0. The summed E-state index contributed by atoms with van der Waals surface area (Å²) in [6, 6.07) is 0. The van der Waals surface area contributed by atoms with Crippen LogP contribution in [-0.4, -0.2) is 25.4 Å². The van der Waals surface area contributed by atoms with Gasteiger partial charge in [0.2, 0.25) is 0 Å². The molecule has 2 aliphatic heterocycles.